The van der Waals surface area contributed by atoms with Crippen LogP contribution in [0.15, 0.2) is 28.9 Å². The molecule has 0 aliphatic carbocycles. The fraction of sp³-hybridized carbons (Fsp3) is 0.500. The molecule has 1 amide bonds. The van der Waals surface area contributed by atoms with Gasteiger partial charge in [0, 0.05) is 24.0 Å². The summed E-state index contributed by atoms with van der Waals surface area (Å²) in [6.45, 7) is 3.97. The molecule has 0 bridgehead atoms. The molecule has 0 unspecified atom stereocenters. The largest absolute Gasteiger partial charge is 0.464 e. The number of amides is 1. The monoisotopic (exact) mass is 285 g/mol. The minimum atomic E-state index is 0.238. The van der Waals surface area contributed by atoms with E-state index in [1.165, 1.54) is 18.4 Å². The van der Waals surface area contributed by atoms with Crippen molar-refractivity contribution in [2.24, 2.45) is 0 Å². The van der Waals surface area contributed by atoms with Crippen molar-refractivity contribution < 1.29 is 9.21 Å². The Kier molecular flexibility index (Phi) is 4.28. The summed E-state index contributed by atoms with van der Waals surface area (Å²) in [6, 6.07) is 6.25. The van der Waals surface area contributed by atoms with E-state index in [2.05, 4.69) is 19.1 Å². The van der Waals surface area contributed by atoms with Gasteiger partial charge in [0.2, 0.25) is 5.91 Å². The maximum atomic E-state index is 12.5. The second kappa shape index (κ2) is 6.33. The average molecular weight is 285 g/mol. The number of fused-ring (bicyclic) bond motifs is 1. The summed E-state index contributed by atoms with van der Waals surface area (Å²) < 4.78 is 5.59. The predicted molar refractivity (Wildman–Crippen MR) is 84.3 cm³/mol. The van der Waals surface area contributed by atoms with Crippen molar-refractivity contribution in [2.75, 3.05) is 13.1 Å². The Hall–Kier alpha value is -1.77. The first-order valence-electron chi connectivity index (χ1n) is 8.04. The standard InChI is InChI=1S/C18H23NO2/c1-2-14-7-8-17-16(11-14)15(13-21-17)12-18(20)19-9-5-3-4-6-10-19/h7-8,11,13H,2-6,9-10,12H2,1H3. The summed E-state index contributed by atoms with van der Waals surface area (Å²) in [7, 11) is 0. The van der Waals surface area contributed by atoms with Gasteiger partial charge in [-0.3, -0.25) is 4.79 Å². The molecule has 3 heteroatoms. The van der Waals surface area contributed by atoms with Crippen molar-refractivity contribution in [1.82, 2.24) is 4.90 Å². The van der Waals surface area contributed by atoms with Gasteiger partial charge in [-0.15, -0.1) is 0 Å². The van der Waals surface area contributed by atoms with E-state index in [1.54, 1.807) is 6.26 Å². The Morgan fingerprint density at radius 1 is 1.19 bits per heavy atom. The third kappa shape index (κ3) is 3.12. The van der Waals surface area contributed by atoms with Gasteiger partial charge in [0.1, 0.15) is 5.58 Å². The fourth-order valence-electron chi connectivity index (χ4n) is 3.08. The van der Waals surface area contributed by atoms with E-state index in [0.717, 1.165) is 48.9 Å². The quantitative estimate of drug-likeness (QED) is 0.856. The molecule has 1 aromatic heterocycles. The maximum absolute atomic E-state index is 12.5. The summed E-state index contributed by atoms with van der Waals surface area (Å²) in [6.07, 6.45) is 7.98. The Bertz CT molecular complexity index is 621. The molecule has 0 spiro atoms. The Balaban J connectivity index is 1.78. The molecule has 21 heavy (non-hydrogen) atoms. The number of hydrogen-bond donors (Lipinski definition) is 0. The van der Waals surface area contributed by atoms with Gasteiger partial charge in [-0.25, -0.2) is 0 Å². The molecule has 0 saturated carbocycles. The van der Waals surface area contributed by atoms with Gasteiger partial charge in [-0.1, -0.05) is 25.8 Å². The number of likely N-dealkylation sites (tertiary alicyclic amines) is 1. The smallest absolute Gasteiger partial charge is 0.227 e. The third-order valence-corrected chi connectivity index (χ3v) is 4.43. The highest BCUT2D eigenvalue weighted by molar-refractivity contribution is 5.88. The van der Waals surface area contributed by atoms with Crippen LogP contribution in [0.2, 0.25) is 0 Å². The molecule has 1 aliphatic heterocycles. The normalized spacial score (nSPS) is 16.1. The Morgan fingerprint density at radius 2 is 1.95 bits per heavy atom. The number of hydrogen-bond acceptors (Lipinski definition) is 2. The van der Waals surface area contributed by atoms with Crippen molar-refractivity contribution >= 4 is 16.9 Å². The number of furan rings is 1. The zero-order chi connectivity index (χ0) is 14.7. The topological polar surface area (TPSA) is 33.5 Å². The van der Waals surface area contributed by atoms with E-state index in [1.807, 2.05) is 11.0 Å². The molecule has 0 atom stereocenters. The molecule has 1 aliphatic rings. The van der Waals surface area contributed by atoms with Gasteiger partial charge in [0.05, 0.1) is 12.7 Å². The van der Waals surface area contributed by atoms with E-state index >= 15 is 0 Å². The Morgan fingerprint density at radius 3 is 2.67 bits per heavy atom. The van der Waals surface area contributed by atoms with Gasteiger partial charge in [-0.05, 0) is 37.0 Å². The molecule has 0 radical (unpaired) electrons. The van der Waals surface area contributed by atoms with E-state index in [0.29, 0.717) is 6.42 Å². The molecule has 3 nitrogen and oxygen atoms in total. The molecular formula is C18H23NO2. The van der Waals surface area contributed by atoms with Gasteiger partial charge < -0.3 is 9.32 Å². The highest BCUT2D eigenvalue weighted by Gasteiger charge is 2.18. The van der Waals surface area contributed by atoms with Crippen LogP contribution >= 0.6 is 0 Å². The van der Waals surface area contributed by atoms with E-state index < -0.39 is 0 Å². The van der Waals surface area contributed by atoms with Crippen LogP contribution in [0.3, 0.4) is 0 Å². The minimum absolute atomic E-state index is 0.238. The number of carbonyl (C=O) groups is 1. The van der Waals surface area contributed by atoms with E-state index in [4.69, 9.17) is 4.42 Å². The lowest BCUT2D eigenvalue weighted by Gasteiger charge is -2.19. The van der Waals surface area contributed by atoms with Crippen LogP contribution in [0.1, 0.15) is 43.7 Å². The molecular weight excluding hydrogens is 262 g/mol. The second-order valence-electron chi connectivity index (χ2n) is 5.92. The zero-order valence-electron chi connectivity index (χ0n) is 12.7. The van der Waals surface area contributed by atoms with Crippen LogP contribution in [-0.2, 0) is 17.6 Å². The van der Waals surface area contributed by atoms with Crippen LogP contribution in [0.4, 0.5) is 0 Å². The van der Waals surface area contributed by atoms with E-state index in [-0.39, 0.29) is 5.91 Å². The first-order valence-corrected chi connectivity index (χ1v) is 8.04. The van der Waals surface area contributed by atoms with Crippen molar-refractivity contribution in [2.45, 2.75) is 45.4 Å². The lowest BCUT2D eigenvalue weighted by Crippen LogP contribution is -2.32. The lowest BCUT2D eigenvalue weighted by atomic mass is 10.1. The molecule has 0 N–H and O–H groups in total. The highest BCUT2D eigenvalue weighted by atomic mass is 16.3. The molecule has 1 saturated heterocycles. The van der Waals surface area contributed by atoms with Crippen molar-refractivity contribution in [3.05, 3.63) is 35.6 Å². The first kappa shape index (κ1) is 14.2. The molecule has 3 rings (SSSR count). The van der Waals surface area contributed by atoms with E-state index in [9.17, 15) is 4.79 Å². The highest BCUT2D eigenvalue weighted by Crippen LogP contribution is 2.24. The maximum Gasteiger partial charge on any atom is 0.227 e. The first-order chi connectivity index (χ1) is 10.3. The number of nitrogens with zero attached hydrogens (tertiary/aromatic N) is 1. The molecule has 2 aromatic rings. The molecule has 2 heterocycles. The fourth-order valence-corrected chi connectivity index (χ4v) is 3.08. The summed E-state index contributed by atoms with van der Waals surface area (Å²) in [5.74, 6) is 0.238. The van der Waals surface area contributed by atoms with Crippen molar-refractivity contribution in [3.8, 4) is 0 Å². The summed E-state index contributed by atoms with van der Waals surface area (Å²) in [5.41, 5.74) is 3.19. The van der Waals surface area contributed by atoms with Gasteiger partial charge in [-0.2, -0.15) is 0 Å². The van der Waals surface area contributed by atoms with Gasteiger partial charge >= 0.3 is 0 Å². The van der Waals surface area contributed by atoms with Crippen LogP contribution in [0.25, 0.3) is 11.0 Å². The Labute approximate surface area is 125 Å². The lowest BCUT2D eigenvalue weighted by molar-refractivity contribution is -0.130. The predicted octanol–water partition coefficient (Wildman–Crippen LogP) is 3.94. The van der Waals surface area contributed by atoms with Crippen LogP contribution in [0.5, 0.6) is 0 Å². The number of benzene rings is 1. The zero-order valence-corrected chi connectivity index (χ0v) is 12.7. The molecule has 112 valence electrons. The minimum Gasteiger partial charge on any atom is -0.464 e. The summed E-state index contributed by atoms with van der Waals surface area (Å²) in [5, 5.41) is 1.09. The average Bonchev–Trinajstić information content (AvgIpc) is 2.74. The van der Waals surface area contributed by atoms with Crippen molar-refractivity contribution in [1.29, 1.82) is 0 Å². The van der Waals surface area contributed by atoms with Crippen LogP contribution in [0, 0.1) is 0 Å². The SMILES string of the molecule is CCc1ccc2occ(CC(=O)N3CCCCCC3)c2c1. The third-order valence-electron chi connectivity index (χ3n) is 4.43. The second-order valence-corrected chi connectivity index (χ2v) is 5.92. The number of rotatable bonds is 3. The van der Waals surface area contributed by atoms with Gasteiger partial charge in [0.25, 0.3) is 0 Å². The summed E-state index contributed by atoms with van der Waals surface area (Å²) in [4.78, 5) is 14.5. The number of carbonyl (C=O) groups excluding carboxylic acids is 1. The van der Waals surface area contributed by atoms with Crippen LogP contribution < -0.4 is 0 Å². The van der Waals surface area contributed by atoms with Gasteiger partial charge in [0.15, 0.2) is 0 Å². The molecule has 1 fully saturated rings. The van der Waals surface area contributed by atoms with Crippen molar-refractivity contribution in [3.63, 3.8) is 0 Å². The summed E-state index contributed by atoms with van der Waals surface area (Å²) >= 11 is 0. The molecule has 1 aromatic carbocycles. The number of aryl methyl sites for hydroxylation is 1. The van der Waals surface area contributed by atoms with Crippen LogP contribution in [-0.4, -0.2) is 23.9 Å².